The number of nitrogens with zero attached hydrogens (tertiary/aromatic N) is 1. The molecular formula is C26H28N2O6S. The number of hydrogen-bond acceptors (Lipinski definition) is 6. The van der Waals surface area contributed by atoms with Crippen LogP contribution in [0.1, 0.15) is 24.8 Å². The van der Waals surface area contributed by atoms with E-state index in [0.717, 1.165) is 48.0 Å². The first-order valence-electron chi connectivity index (χ1n) is 11.6. The van der Waals surface area contributed by atoms with Gasteiger partial charge in [0.1, 0.15) is 16.9 Å². The van der Waals surface area contributed by atoms with Gasteiger partial charge in [0.25, 0.3) is 0 Å². The van der Waals surface area contributed by atoms with Gasteiger partial charge >= 0.3 is 5.97 Å². The largest absolute Gasteiger partial charge is 0.492 e. The first-order chi connectivity index (χ1) is 16.9. The Kier molecular flexibility index (Phi) is 7.67. The maximum absolute atomic E-state index is 13.1. The second-order valence-corrected chi connectivity index (χ2v) is 10.2. The highest BCUT2D eigenvalue weighted by Gasteiger charge is 2.26. The third-order valence-electron chi connectivity index (χ3n) is 6.06. The van der Waals surface area contributed by atoms with Gasteiger partial charge < -0.3 is 19.5 Å². The minimum atomic E-state index is -4.21. The molecule has 0 aliphatic carbocycles. The molecule has 1 heterocycles. The predicted octanol–water partition coefficient (Wildman–Crippen LogP) is 3.38. The molecule has 0 saturated carbocycles. The van der Waals surface area contributed by atoms with Gasteiger partial charge in [-0.3, -0.25) is 4.79 Å². The topological polar surface area (TPSA) is 113 Å². The van der Waals surface area contributed by atoms with E-state index in [1.807, 2.05) is 42.5 Å². The molecule has 184 valence electrons. The number of anilines is 1. The summed E-state index contributed by atoms with van der Waals surface area (Å²) < 4.78 is 34.4. The number of fused-ring (bicyclic) bond motifs is 1. The summed E-state index contributed by atoms with van der Waals surface area (Å²) >= 11 is 0. The zero-order chi connectivity index (χ0) is 24.8. The summed E-state index contributed by atoms with van der Waals surface area (Å²) in [5, 5.41) is 11.2. The lowest BCUT2D eigenvalue weighted by Crippen LogP contribution is -2.37. The number of hydrogen-bond donors (Lipinski definition) is 2. The minimum Gasteiger partial charge on any atom is -0.492 e. The number of carbonyl (C=O) groups excluding carboxylic acids is 1. The van der Waals surface area contributed by atoms with E-state index in [-0.39, 0.29) is 23.5 Å². The maximum atomic E-state index is 13.1. The highest BCUT2D eigenvalue weighted by molar-refractivity contribution is 7.89. The van der Waals surface area contributed by atoms with Crippen molar-refractivity contribution in [1.29, 1.82) is 0 Å². The summed E-state index contributed by atoms with van der Waals surface area (Å²) in [5.41, 5.74) is 1.95. The van der Waals surface area contributed by atoms with Gasteiger partial charge in [-0.05, 0) is 41.3 Å². The summed E-state index contributed by atoms with van der Waals surface area (Å²) in [4.78, 5) is 24.3. The van der Waals surface area contributed by atoms with Crippen LogP contribution < -0.4 is 14.4 Å². The van der Waals surface area contributed by atoms with Gasteiger partial charge in [0.05, 0.1) is 19.1 Å². The van der Waals surface area contributed by atoms with E-state index in [2.05, 4.69) is 9.62 Å². The molecule has 1 aliphatic rings. The molecule has 8 nitrogen and oxygen atoms in total. The van der Waals surface area contributed by atoms with Crippen molar-refractivity contribution < 1.29 is 27.9 Å². The van der Waals surface area contributed by atoms with Crippen molar-refractivity contribution >= 4 is 38.7 Å². The van der Waals surface area contributed by atoms with E-state index in [1.165, 1.54) is 6.07 Å². The first-order valence-corrected chi connectivity index (χ1v) is 13.0. The van der Waals surface area contributed by atoms with Crippen molar-refractivity contribution in [1.82, 2.24) is 4.72 Å². The van der Waals surface area contributed by atoms with E-state index >= 15 is 0 Å². The van der Waals surface area contributed by atoms with Crippen molar-refractivity contribution in [2.75, 3.05) is 24.6 Å². The van der Waals surface area contributed by atoms with Crippen LogP contribution in [0.4, 0.5) is 5.69 Å². The maximum Gasteiger partial charge on any atom is 0.305 e. The van der Waals surface area contributed by atoms with Crippen LogP contribution in [-0.4, -0.2) is 51.5 Å². The molecule has 4 rings (SSSR count). The quantitative estimate of drug-likeness (QED) is 0.391. The number of nitrogens with one attached hydrogen (secondary N) is 1. The van der Waals surface area contributed by atoms with Crippen LogP contribution in [0.25, 0.3) is 10.8 Å². The lowest BCUT2D eigenvalue weighted by Gasteiger charge is -2.21. The van der Waals surface area contributed by atoms with Crippen LogP contribution in [0.2, 0.25) is 0 Å². The summed E-state index contributed by atoms with van der Waals surface area (Å²) in [7, 11) is -4.21. The minimum absolute atomic E-state index is 0.129. The smallest absolute Gasteiger partial charge is 0.305 e. The molecule has 0 aromatic heterocycles. The molecule has 0 amide bonds. The molecule has 1 unspecified atom stereocenters. The van der Waals surface area contributed by atoms with Crippen LogP contribution in [0.15, 0.2) is 65.6 Å². The molecule has 3 aromatic rings. The molecule has 1 saturated heterocycles. The highest BCUT2D eigenvalue weighted by Crippen LogP contribution is 2.31. The summed E-state index contributed by atoms with van der Waals surface area (Å²) in [6.07, 6.45) is 2.33. The Morgan fingerprint density at radius 2 is 1.83 bits per heavy atom. The number of rotatable bonds is 11. The number of carbonyl (C=O) groups is 2. The fourth-order valence-corrected chi connectivity index (χ4v) is 5.65. The third kappa shape index (κ3) is 5.98. The second-order valence-electron chi connectivity index (χ2n) is 8.52. The van der Waals surface area contributed by atoms with Gasteiger partial charge in [-0.2, -0.15) is 0 Å². The number of aliphatic carboxylic acids is 1. The number of carboxylic acid groups (broad SMARTS) is 1. The summed E-state index contributed by atoms with van der Waals surface area (Å²) in [6.45, 7) is 2.00. The Labute approximate surface area is 204 Å². The van der Waals surface area contributed by atoms with Gasteiger partial charge in [-0.25, -0.2) is 13.1 Å². The first kappa shape index (κ1) is 24.7. The fourth-order valence-electron chi connectivity index (χ4n) is 4.35. The molecule has 2 N–H and O–H groups in total. The average Bonchev–Trinajstić information content (AvgIpc) is 3.38. The second kappa shape index (κ2) is 10.9. The van der Waals surface area contributed by atoms with Crippen molar-refractivity contribution in [3.63, 3.8) is 0 Å². The molecular weight excluding hydrogens is 468 g/mol. The zero-order valence-corrected chi connectivity index (χ0v) is 20.0. The van der Waals surface area contributed by atoms with Crippen molar-refractivity contribution in [2.24, 2.45) is 0 Å². The Morgan fingerprint density at radius 1 is 1.09 bits per heavy atom. The van der Waals surface area contributed by atoms with E-state index in [4.69, 9.17) is 9.84 Å². The standard InChI is InChI=1S/C26H28N2O6S/c29-18-21(16-26(30)31)27-35(32,33)25-11-10-22(28-13-3-4-14-28)17-24(25)34-15-12-20-8-5-7-19-6-1-2-9-23(19)20/h1-2,5-11,17-18,21,27H,3-4,12-16H2,(H,30,31). The Morgan fingerprint density at radius 3 is 2.57 bits per heavy atom. The van der Waals surface area contributed by atoms with E-state index in [0.29, 0.717) is 6.42 Å². The van der Waals surface area contributed by atoms with Gasteiger partial charge in [-0.1, -0.05) is 42.5 Å². The van der Waals surface area contributed by atoms with Gasteiger partial charge in [0.15, 0.2) is 0 Å². The third-order valence-corrected chi connectivity index (χ3v) is 7.59. The Balaban J connectivity index is 1.59. The molecule has 1 fully saturated rings. The molecule has 0 spiro atoms. The van der Waals surface area contributed by atoms with Crippen LogP contribution in [0.5, 0.6) is 5.75 Å². The number of benzene rings is 3. The molecule has 35 heavy (non-hydrogen) atoms. The normalized spacial score (nSPS) is 14.7. The van der Waals surface area contributed by atoms with Gasteiger partial charge in [0, 0.05) is 31.3 Å². The Hall–Kier alpha value is -3.43. The van der Waals surface area contributed by atoms with Crippen LogP contribution in [-0.2, 0) is 26.0 Å². The van der Waals surface area contributed by atoms with Gasteiger partial charge in [0.2, 0.25) is 10.0 Å². The summed E-state index contributed by atoms with van der Waals surface area (Å²) in [6, 6.07) is 17.6. The van der Waals surface area contributed by atoms with Crippen LogP contribution in [0, 0.1) is 0 Å². The predicted molar refractivity (Wildman–Crippen MR) is 133 cm³/mol. The molecule has 3 aromatic carbocycles. The SMILES string of the molecule is O=CC(CC(=O)O)NS(=O)(=O)c1ccc(N2CCCC2)cc1OCCc1cccc2ccccc12. The van der Waals surface area contributed by atoms with E-state index < -0.39 is 28.5 Å². The molecule has 0 radical (unpaired) electrons. The number of carboxylic acids is 1. The summed E-state index contributed by atoms with van der Waals surface area (Å²) in [5.74, 6) is -1.11. The van der Waals surface area contributed by atoms with Crippen molar-refractivity contribution in [3.8, 4) is 5.75 Å². The number of sulfonamides is 1. The zero-order valence-electron chi connectivity index (χ0n) is 19.2. The van der Waals surface area contributed by atoms with Crippen molar-refractivity contribution in [2.45, 2.75) is 36.6 Å². The molecule has 0 bridgehead atoms. The van der Waals surface area contributed by atoms with Crippen LogP contribution >= 0.6 is 0 Å². The molecule has 1 atom stereocenters. The number of ether oxygens (including phenoxy) is 1. The monoisotopic (exact) mass is 496 g/mol. The lowest BCUT2D eigenvalue weighted by atomic mass is 10.0. The van der Waals surface area contributed by atoms with Crippen molar-refractivity contribution in [3.05, 3.63) is 66.2 Å². The fraction of sp³-hybridized carbons (Fsp3) is 0.308. The van der Waals surface area contributed by atoms with Crippen LogP contribution in [0.3, 0.4) is 0 Å². The van der Waals surface area contributed by atoms with Gasteiger partial charge in [-0.15, -0.1) is 0 Å². The number of aldehydes is 1. The highest BCUT2D eigenvalue weighted by atomic mass is 32.2. The average molecular weight is 497 g/mol. The molecule has 9 heteroatoms. The lowest BCUT2D eigenvalue weighted by molar-refractivity contribution is -0.138. The van der Waals surface area contributed by atoms with E-state index in [1.54, 1.807) is 12.1 Å². The molecule has 1 aliphatic heterocycles. The Bertz CT molecular complexity index is 1310. The van der Waals surface area contributed by atoms with E-state index in [9.17, 15) is 18.0 Å².